The smallest absolute Gasteiger partial charge is 0.273 e. The summed E-state index contributed by atoms with van der Waals surface area (Å²) in [6.45, 7) is 6.86. The van der Waals surface area contributed by atoms with Crippen LogP contribution < -0.4 is 10.2 Å². The van der Waals surface area contributed by atoms with E-state index in [1.165, 1.54) is 0 Å². The third-order valence-electron chi connectivity index (χ3n) is 3.04. The van der Waals surface area contributed by atoms with Gasteiger partial charge in [-0.25, -0.2) is 0 Å². The standard InChI is InChI=1S/C12H19N3O3/c1-3-9(2)13-12(16)10-8-11(18-14-10)15-4-6-17-7-5-15/h8-9H,3-7H2,1-2H3,(H,13,16). The monoisotopic (exact) mass is 253 g/mol. The maximum atomic E-state index is 11.8. The second kappa shape index (κ2) is 5.86. The summed E-state index contributed by atoms with van der Waals surface area (Å²) in [5.41, 5.74) is 0.330. The van der Waals surface area contributed by atoms with Gasteiger partial charge in [-0.2, -0.15) is 0 Å². The van der Waals surface area contributed by atoms with Crippen molar-refractivity contribution < 1.29 is 14.1 Å². The number of aromatic nitrogens is 1. The van der Waals surface area contributed by atoms with E-state index in [-0.39, 0.29) is 11.9 Å². The molecule has 18 heavy (non-hydrogen) atoms. The maximum Gasteiger partial charge on any atom is 0.273 e. The van der Waals surface area contributed by atoms with Crippen LogP contribution in [0, 0.1) is 0 Å². The van der Waals surface area contributed by atoms with Crippen LogP contribution in [0.2, 0.25) is 0 Å². The summed E-state index contributed by atoms with van der Waals surface area (Å²) in [5.74, 6) is 0.445. The molecule has 0 radical (unpaired) electrons. The van der Waals surface area contributed by atoms with Crippen molar-refractivity contribution in [3.05, 3.63) is 11.8 Å². The number of rotatable bonds is 4. The molecule has 1 aliphatic rings. The van der Waals surface area contributed by atoms with E-state index in [2.05, 4.69) is 10.5 Å². The third kappa shape index (κ3) is 3.01. The van der Waals surface area contributed by atoms with E-state index in [0.717, 1.165) is 19.5 Å². The molecule has 6 nitrogen and oxygen atoms in total. The van der Waals surface area contributed by atoms with E-state index in [4.69, 9.17) is 9.26 Å². The first-order valence-corrected chi connectivity index (χ1v) is 6.31. The highest BCUT2D eigenvalue weighted by Crippen LogP contribution is 2.17. The summed E-state index contributed by atoms with van der Waals surface area (Å²) < 4.78 is 10.5. The third-order valence-corrected chi connectivity index (χ3v) is 3.04. The number of nitrogens with zero attached hydrogens (tertiary/aromatic N) is 2. The Morgan fingerprint density at radius 3 is 2.94 bits per heavy atom. The Kier molecular flexibility index (Phi) is 4.19. The van der Waals surface area contributed by atoms with E-state index in [1.54, 1.807) is 6.07 Å². The van der Waals surface area contributed by atoms with Gasteiger partial charge in [0.05, 0.1) is 13.2 Å². The van der Waals surface area contributed by atoms with Crippen molar-refractivity contribution in [1.29, 1.82) is 0 Å². The molecule has 1 aromatic rings. The van der Waals surface area contributed by atoms with Crippen LogP contribution in [0.1, 0.15) is 30.8 Å². The van der Waals surface area contributed by atoms with Crippen molar-refractivity contribution in [3.8, 4) is 0 Å². The summed E-state index contributed by atoms with van der Waals surface area (Å²) >= 11 is 0. The number of carbonyl (C=O) groups is 1. The largest absolute Gasteiger partial charge is 0.378 e. The highest BCUT2D eigenvalue weighted by molar-refractivity contribution is 5.92. The average Bonchev–Trinajstić information content (AvgIpc) is 2.89. The molecule has 1 aromatic heterocycles. The molecule has 0 saturated carbocycles. The minimum atomic E-state index is -0.187. The number of hydrogen-bond acceptors (Lipinski definition) is 5. The summed E-state index contributed by atoms with van der Waals surface area (Å²) in [4.78, 5) is 13.9. The normalized spacial score (nSPS) is 17.6. The highest BCUT2D eigenvalue weighted by Gasteiger charge is 2.19. The quantitative estimate of drug-likeness (QED) is 0.868. The van der Waals surface area contributed by atoms with Crippen molar-refractivity contribution in [2.24, 2.45) is 0 Å². The molecule has 0 aromatic carbocycles. The number of hydrogen-bond donors (Lipinski definition) is 1. The number of amides is 1. The Labute approximate surface area is 106 Å². The molecular weight excluding hydrogens is 234 g/mol. The molecule has 0 aliphatic carbocycles. The fraction of sp³-hybridized carbons (Fsp3) is 0.667. The van der Waals surface area contributed by atoms with Gasteiger partial charge in [-0.1, -0.05) is 12.1 Å². The number of nitrogens with one attached hydrogen (secondary N) is 1. The summed E-state index contributed by atoms with van der Waals surface area (Å²) in [5, 5.41) is 6.67. The molecule has 1 aliphatic heterocycles. The second-order valence-corrected chi connectivity index (χ2v) is 4.43. The van der Waals surface area contributed by atoms with Crippen LogP contribution in [0.15, 0.2) is 10.6 Å². The number of carbonyl (C=O) groups excluding carboxylic acids is 1. The maximum absolute atomic E-state index is 11.8. The molecule has 0 spiro atoms. The van der Waals surface area contributed by atoms with Gasteiger partial charge in [-0.3, -0.25) is 4.79 Å². The summed E-state index contributed by atoms with van der Waals surface area (Å²) in [7, 11) is 0. The topological polar surface area (TPSA) is 67.6 Å². The SMILES string of the molecule is CCC(C)NC(=O)c1cc(N2CCOCC2)on1. The van der Waals surface area contributed by atoms with Gasteiger partial charge < -0.3 is 19.5 Å². The molecule has 2 heterocycles. The zero-order valence-corrected chi connectivity index (χ0v) is 10.8. The summed E-state index contributed by atoms with van der Waals surface area (Å²) in [6, 6.07) is 1.82. The van der Waals surface area contributed by atoms with Gasteiger partial charge in [0.15, 0.2) is 5.69 Å². The van der Waals surface area contributed by atoms with Crippen LogP contribution >= 0.6 is 0 Å². The van der Waals surface area contributed by atoms with Crippen molar-refractivity contribution in [2.75, 3.05) is 31.2 Å². The lowest BCUT2D eigenvalue weighted by molar-refractivity contribution is 0.0930. The van der Waals surface area contributed by atoms with Gasteiger partial charge in [-0.05, 0) is 13.3 Å². The molecule has 100 valence electrons. The molecule has 1 amide bonds. The van der Waals surface area contributed by atoms with Crippen LogP contribution in [-0.2, 0) is 4.74 Å². The predicted molar refractivity (Wildman–Crippen MR) is 66.8 cm³/mol. The average molecular weight is 253 g/mol. The van der Waals surface area contributed by atoms with Crippen LogP contribution in [0.5, 0.6) is 0 Å². The minimum Gasteiger partial charge on any atom is -0.378 e. The fourth-order valence-electron chi connectivity index (χ4n) is 1.71. The van der Waals surface area contributed by atoms with Gasteiger partial charge in [-0.15, -0.1) is 0 Å². The molecule has 2 rings (SSSR count). The molecule has 6 heteroatoms. The number of ether oxygens (including phenoxy) is 1. The predicted octanol–water partition coefficient (Wildman–Crippen LogP) is 1.04. The van der Waals surface area contributed by atoms with E-state index >= 15 is 0 Å². The zero-order valence-electron chi connectivity index (χ0n) is 10.8. The van der Waals surface area contributed by atoms with Crippen LogP contribution in [0.3, 0.4) is 0 Å². The van der Waals surface area contributed by atoms with Crippen molar-refractivity contribution in [1.82, 2.24) is 10.5 Å². The van der Waals surface area contributed by atoms with Crippen LogP contribution in [0.4, 0.5) is 5.88 Å². The molecular formula is C12H19N3O3. The molecule has 1 atom stereocenters. The van der Waals surface area contributed by atoms with Gasteiger partial charge in [0.25, 0.3) is 5.91 Å². The van der Waals surface area contributed by atoms with Gasteiger partial charge in [0, 0.05) is 25.2 Å². The van der Waals surface area contributed by atoms with E-state index in [9.17, 15) is 4.79 Å². The molecule has 1 saturated heterocycles. The Morgan fingerprint density at radius 1 is 1.56 bits per heavy atom. The lowest BCUT2D eigenvalue weighted by atomic mass is 10.2. The van der Waals surface area contributed by atoms with Gasteiger partial charge in [0.1, 0.15) is 0 Å². The number of anilines is 1. The van der Waals surface area contributed by atoms with Crippen LogP contribution in [-0.4, -0.2) is 43.4 Å². The van der Waals surface area contributed by atoms with E-state index in [0.29, 0.717) is 24.8 Å². The fourth-order valence-corrected chi connectivity index (χ4v) is 1.71. The van der Waals surface area contributed by atoms with Crippen molar-refractivity contribution >= 4 is 11.8 Å². The Morgan fingerprint density at radius 2 is 2.28 bits per heavy atom. The lowest BCUT2D eigenvalue weighted by Gasteiger charge is -2.25. The van der Waals surface area contributed by atoms with Crippen molar-refractivity contribution in [3.63, 3.8) is 0 Å². The molecule has 1 fully saturated rings. The Hall–Kier alpha value is -1.56. The lowest BCUT2D eigenvalue weighted by Crippen LogP contribution is -2.36. The minimum absolute atomic E-state index is 0.140. The Balaban J connectivity index is 1.98. The van der Waals surface area contributed by atoms with E-state index < -0.39 is 0 Å². The van der Waals surface area contributed by atoms with Gasteiger partial charge >= 0.3 is 0 Å². The molecule has 0 bridgehead atoms. The summed E-state index contributed by atoms with van der Waals surface area (Å²) in [6.07, 6.45) is 0.889. The van der Waals surface area contributed by atoms with Crippen molar-refractivity contribution in [2.45, 2.75) is 26.3 Å². The number of morpholine rings is 1. The first-order valence-electron chi connectivity index (χ1n) is 6.31. The van der Waals surface area contributed by atoms with E-state index in [1.807, 2.05) is 18.7 Å². The molecule has 1 N–H and O–H groups in total. The zero-order chi connectivity index (χ0) is 13.0. The second-order valence-electron chi connectivity index (χ2n) is 4.43. The first-order chi connectivity index (χ1) is 8.70. The van der Waals surface area contributed by atoms with Crippen LogP contribution in [0.25, 0.3) is 0 Å². The van der Waals surface area contributed by atoms with Gasteiger partial charge in [0.2, 0.25) is 5.88 Å². The Bertz CT molecular complexity index is 399. The highest BCUT2D eigenvalue weighted by atomic mass is 16.5. The molecule has 1 unspecified atom stereocenters. The first kappa shape index (κ1) is 12.9.